The average Bonchev–Trinajstić information content (AvgIpc) is 2.91. The Hall–Kier alpha value is -1.86. The predicted molar refractivity (Wildman–Crippen MR) is 84.8 cm³/mol. The number of amides is 1. The smallest absolute Gasteiger partial charge is 0.286 e. The van der Waals surface area contributed by atoms with Crippen molar-refractivity contribution >= 4 is 39.7 Å². The van der Waals surface area contributed by atoms with E-state index in [-0.39, 0.29) is 10.9 Å². The second-order valence-electron chi connectivity index (χ2n) is 4.20. The van der Waals surface area contributed by atoms with E-state index < -0.39 is 0 Å². The molecule has 0 unspecified atom stereocenters. The first-order valence-electron chi connectivity index (χ1n) is 6.28. The summed E-state index contributed by atoms with van der Waals surface area (Å²) in [5.74, 6) is 0.159. The third-order valence-corrected chi connectivity index (χ3v) is 3.96. The molecule has 2 rings (SSSR count). The highest BCUT2D eigenvalue weighted by molar-refractivity contribution is 7.17. The molecular formula is C13H15ClN4O2S. The van der Waals surface area contributed by atoms with Crippen LogP contribution in [0.3, 0.4) is 0 Å². The molecule has 0 saturated heterocycles. The minimum absolute atomic E-state index is 0.278. The molecule has 0 atom stereocenters. The second kappa shape index (κ2) is 6.73. The van der Waals surface area contributed by atoms with Crippen LogP contribution in [0.25, 0.3) is 0 Å². The third kappa shape index (κ3) is 3.62. The Morgan fingerprint density at radius 2 is 2.19 bits per heavy atom. The molecule has 21 heavy (non-hydrogen) atoms. The summed E-state index contributed by atoms with van der Waals surface area (Å²) < 4.78 is 5.22. The van der Waals surface area contributed by atoms with Crippen molar-refractivity contribution in [2.24, 2.45) is 0 Å². The molecular weight excluding hydrogens is 312 g/mol. The summed E-state index contributed by atoms with van der Waals surface area (Å²) in [4.78, 5) is 12.2. The van der Waals surface area contributed by atoms with Gasteiger partial charge in [-0.1, -0.05) is 22.9 Å². The number of carbonyl (C=O) groups excluding carboxylic acids is 1. The van der Waals surface area contributed by atoms with Crippen molar-refractivity contribution in [2.45, 2.75) is 13.8 Å². The van der Waals surface area contributed by atoms with E-state index in [0.717, 1.165) is 12.1 Å². The quantitative estimate of drug-likeness (QED) is 0.882. The summed E-state index contributed by atoms with van der Waals surface area (Å²) in [6.45, 7) is 4.52. The molecule has 0 radical (unpaired) electrons. The zero-order valence-electron chi connectivity index (χ0n) is 11.9. The van der Waals surface area contributed by atoms with Gasteiger partial charge in [-0.2, -0.15) is 0 Å². The zero-order chi connectivity index (χ0) is 15.4. The summed E-state index contributed by atoms with van der Waals surface area (Å²) >= 11 is 7.23. The number of anilines is 2. The second-order valence-corrected chi connectivity index (χ2v) is 5.58. The summed E-state index contributed by atoms with van der Waals surface area (Å²) in [5.41, 5.74) is 1.39. The van der Waals surface area contributed by atoms with Crippen LogP contribution >= 0.6 is 22.9 Å². The SMILES string of the molecule is CCNc1nnc(C(=O)Nc2cc(C)c(Cl)cc2OC)s1. The van der Waals surface area contributed by atoms with E-state index in [1.807, 2.05) is 13.8 Å². The lowest BCUT2D eigenvalue weighted by molar-refractivity contribution is 0.102. The van der Waals surface area contributed by atoms with E-state index in [2.05, 4.69) is 20.8 Å². The summed E-state index contributed by atoms with van der Waals surface area (Å²) in [5, 5.41) is 15.0. The summed E-state index contributed by atoms with van der Waals surface area (Å²) in [6, 6.07) is 3.42. The molecule has 1 amide bonds. The average molecular weight is 327 g/mol. The van der Waals surface area contributed by atoms with Crippen LogP contribution < -0.4 is 15.4 Å². The minimum atomic E-state index is -0.336. The number of hydrogen-bond acceptors (Lipinski definition) is 6. The maximum absolute atomic E-state index is 12.2. The highest BCUT2D eigenvalue weighted by Crippen LogP contribution is 2.31. The molecule has 0 aliphatic heterocycles. The molecule has 0 fully saturated rings. The molecule has 0 aliphatic rings. The van der Waals surface area contributed by atoms with Crippen molar-refractivity contribution in [3.05, 3.63) is 27.7 Å². The van der Waals surface area contributed by atoms with Gasteiger partial charge in [0.25, 0.3) is 5.91 Å². The fourth-order valence-electron chi connectivity index (χ4n) is 1.64. The van der Waals surface area contributed by atoms with Crippen molar-refractivity contribution < 1.29 is 9.53 Å². The largest absolute Gasteiger partial charge is 0.495 e. The number of carbonyl (C=O) groups is 1. The van der Waals surface area contributed by atoms with Gasteiger partial charge in [-0.05, 0) is 25.5 Å². The minimum Gasteiger partial charge on any atom is -0.495 e. The number of nitrogens with zero attached hydrogens (tertiary/aromatic N) is 2. The Balaban J connectivity index is 2.20. The molecule has 1 heterocycles. The van der Waals surface area contributed by atoms with E-state index in [4.69, 9.17) is 16.3 Å². The molecule has 0 aliphatic carbocycles. The van der Waals surface area contributed by atoms with E-state index in [0.29, 0.717) is 21.6 Å². The fourth-order valence-corrected chi connectivity index (χ4v) is 2.50. The molecule has 0 spiro atoms. The molecule has 1 aromatic heterocycles. The molecule has 8 heteroatoms. The van der Waals surface area contributed by atoms with Crippen molar-refractivity contribution in [3.63, 3.8) is 0 Å². The van der Waals surface area contributed by atoms with E-state index in [9.17, 15) is 4.79 Å². The van der Waals surface area contributed by atoms with Gasteiger partial charge in [0, 0.05) is 17.6 Å². The Bertz CT molecular complexity index is 660. The lowest BCUT2D eigenvalue weighted by Gasteiger charge is -2.11. The number of aromatic nitrogens is 2. The van der Waals surface area contributed by atoms with Gasteiger partial charge in [0.1, 0.15) is 5.75 Å². The van der Waals surface area contributed by atoms with Gasteiger partial charge in [0.2, 0.25) is 10.1 Å². The Labute approximate surface area is 131 Å². The first kappa shape index (κ1) is 15.5. The Kier molecular flexibility index (Phi) is 4.98. The van der Waals surface area contributed by atoms with Crippen molar-refractivity contribution in [2.75, 3.05) is 24.3 Å². The van der Waals surface area contributed by atoms with Crippen LogP contribution in [0.1, 0.15) is 22.3 Å². The van der Waals surface area contributed by atoms with Gasteiger partial charge in [-0.3, -0.25) is 4.79 Å². The number of ether oxygens (including phenoxy) is 1. The number of aryl methyl sites for hydroxylation is 1. The van der Waals surface area contributed by atoms with Crippen LogP contribution in [0, 0.1) is 6.92 Å². The molecule has 2 N–H and O–H groups in total. The van der Waals surface area contributed by atoms with Gasteiger partial charge in [0.15, 0.2) is 0 Å². The van der Waals surface area contributed by atoms with Gasteiger partial charge in [-0.25, -0.2) is 0 Å². The predicted octanol–water partition coefficient (Wildman–Crippen LogP) is 3.19. The highest BCUT2D eigenvalue weighted by atomic mass is 35.5. The van der Waals surface area contributed by atoms with Crippen LogP contribution in [0.5, 0.6) is 5.75 Å². The summed E-state index contributed by atoms with van der Waals surface area (Å²) in [7, 11) is 1.52. The first-order chi connectivity index (χ1) is 10.0. The van der Waals surface area contributed by atoms with Crippen LogP contribution in [-0.4, -0.2) is 29.8 Å². The van der Waals surface area contributed by atoms with E-state index in [1.165, 1.54) is 18.4 Å². The number of halogens is 1. The maximum Gasteiger partial charge on any atom is 0.286 e. The lowest BCUT2D eigenvalue weighted by atomic mass is 10.2. The third-order valence-electron chi connectivity index (χ3n) is 2.68. The summed E-state index contributed by atoms with van der Waals surface area (Å²) in [6.07, 6.45) is 0. The fraction of sp³-hybridized carbons (Fsp3) is 0.308. The monoisotopic (exact) mass is 326 g/mol. The Morgan fingerprint density at radius 1 is 1.43 bits per heavy atom. The number of rotatable bonds is 5. The topological polar surface area (TPSA) is 76.1 Å². The van der Waals surface area contributed by atoms with Gasteiger partial charge >= 0.3 is 0 Å². The molecule has 6 nitrogen and oxygen atoms in total. The molecule has 0 saturated carbocycles. The van der Waals surface area contributed by atoms with Crippen LogP contribution in [-0.2, 0) is 0 Å². The Morgan fingerprint density at radius 3 is 2.86 bits per heavy atom. The number of hydrogen-bond donors (Lipinski definition) is 2. The number of methoxy groups -OCH3 is 1. The molecule has 2 aromatic rings. The standard InChI is InChI=1S/C13H15ClN4O2S/c1-4-15-13-18-17-12(21-13)11(19)16-9-5-7(2)8(14)6-10(9)20-3/h5-6H,4H2,1-3H3,(H,15,18)(H,16,19). The number of benzene rings is 1. The molecule has 112 valence electrons. The zero-order valence-corrected chi connectivity index (χ0v) is 13.4. The van der Waals surface area contributed by atoms with Crippen molar-refractivity contribution in [1.82, 2.24) is 10.2 Å². The van der Waals surface area contributed by atoms with Crippen LogP contribution in [0.15, 0.2) is 12.1 Å². The lowest BCUT2D eigenvalue weighted by Crippen LogP contribution is -2.12. The van der Waals surface area contributed by atoms with Gasteiger partial charge < -0.3 is 15.4 Å². The van der Waals surface area contributed by atoms with E-state index >= 15 is 0 Å². The van der Waals surface area contributed by atoms with Crippen molar-refractivity contribution in [1.29, 1.82) is 0 Å². The van der Waals surface area contributed by atoms with Crippen molar-refractivity contribution in [3.8, 4) is 5.75 Å². The van der Waals surface area contributed by atoms with Gasteiger partial charge in [-0.15, -0.1) is 10.2 Å². The molecule has 0 bridgehead atoms. The van der Waals surface area contributed by atoms with Gasteiger partial charge in [0.05, 0.1) is 12.8 Å². The maximum atomic E-state index is 12.2. The molecule has 1 aromatic carbocycles. The first-order valence-corrected chi connectivity index (χ1v) is 7.47. The van der Waals surface area contributed by atoms with Crippen LogP contribution in [0.2, 0.25) is 5.02 Å². The van der Waals surface area contributed by atoms with E-state index in [1.54, 1.807) is 12.1 Å². The normalized spacial score (nSPS) is 10.3. The number of nitrogens with one attached hydrogen (secondary N) is 2. The van der Waals surface area contributed by atoms with Crippen LogP contribution in [0.4, 0.5) is 10.8 Å². The highest BCUT2D eigenvalue weighted by Gasteiger charge is 2.16.